The maximum atomic E-state index is 13.5. The van der Waals surface area contributed by atoms with E-state index in [-0.39, 0.29) is 5.41 Å². The molecule has 4 heteroatoms. The highest BCUT2D eigenvalue weighted by atomic mass is 19.1. The standard InChI is InChI=1S/C15H22F2N2/c1-15(5-7-19(2)8-6-15)11-18-10-12-3-4-13(16)9-14(12)17/h3-4,9,18H,5-8,10-11H2,1-2H3. The monoisotopic (exact) mass is 268 g/mol. The zero-order chi connectivity index (χ0) is 13.9. The fourth-order valence-corrected chi connectivity index (χ4v) is 2.50. The summed E-state index contributed by atoms with van der Waals surface area (Å²) in [6, 6.07) is 3.75. The third-order valence-electron chi connectivity index (χ3n) is 4.08. The molecule has 0 spiro atoms. The van der Waals surface area contributed by atoms with E-state index in [2.05, 4.69) is 24.2 Å². The summed E-state index contributed by atoms with van der Waals surface area (Å²) in [4.78, 5) is 2.33. The summed E-state index contributed by atoms with van der Waals surface area (Å²) in [6.45, 7) is 5.83. The number of nitrogens with zero attached hydrogens (tertiary/aromatic N) is 1. The maximum Gasteiger partial charge on any atom is 0.130 e. The molecule has 106 valence electrons. The first-order valence-electron chi connectivity index (χ1n) is 6.82. The number of rotatable bonds is 4. The van der Waals surface area contributed by atoms with Gasteiger partial charge in [0, 0.05) is 24.7 Å². The van der Waals surface area contributed by atoms with Gasteiger partial charge in [-0.2, -0.15) is 0 Å². The Bertz CT molecular complexity index is 426. The molecule has 0 aliphatic carbocycles. The number of piperidine rings is 1. The van der Waals surface area contributed by atoms with Crippen molar-refractivity contribution in [1.29, 1.82) is 0 Å². The second kappa shape index (κ2) is 5.97. The molecule has 2 rings (SSSR count). The van der Waals surface area contributed by atoms with Gasteiger partial charge in [0.2, 0.25) is 0 Å². The summed E-state index contributed by atoms with van der Waals surface area (Å²) in [5, 5.41) is 3.31. The predicted molar refractivity (Wildman–Crippen MR) is 72.9 cm³/mol. The van der Waals surface area contributed by atoms with Gasteiger partial charge < -0.3 is 10.2 Å². The van der Waals surface area contributed by atoms with E-state index < -0.39 is 11.6 Å². The highest BCUT2D eigenvalue weighted by Crippen LogP contribution is 2.29. The number of hydrogen-bond donors (Lipinski definition) is 1. The van der Waals surface area contributed by atoms with Crippen molar-refractivity contribution < 1.29 is 8.78 Å². The Labute approximate surface area is 113 Å². The average molecular weight is 268 g/mol. The van der Waals surface area contributed by atoms with Gasteiger partial charge in [-0.1, -0.05) is 13.0 Å². The molecular formula is C15H22F2N2. The predicted octanol–water partition coefficient (Wildman–Crippen LogP) is 2.79. The van der Waals surface area contributed by atoms with Gasteiger partial charge in [-0.05, 0) is 44.5 Å². The van der Waals surface area contributed by atoms with Crippen molar-refractivity contribution in [3.63, 3.8) is 0 Å². The van der Waals surface area contributed by atoms with Crippen molar-refractivity contribution in [3.8, 4) is 0 Å². The third-order valence-corrected chi connectivity index (χ3v) is 4.08. The first-order chi connectivity index (χ1) is 8.98. The number of likely N-dealkylation sites (tertiary alicyclic amines) is 1. The lowest BCUT2D eigenvalue weighted by molar-refractivity contribution is 0.136. The van der Waals surface area contributed by atoms with Crippen molar-refractivity contribution in [1.82, 2.24) is 10.2 Å². The molecule has 2 nitrogen and oxygen atoms in total. The second-order valence-corrected chi connectivity index (χ2v) is 5.95. The highest BCUT2D eigenvalue weighted by molar-refractivity contribution is 5.18. The molecule has 1 aromatic carbocycles. The number of nitrogens with one attached hydrogen (secondary N) is 1. The SMILES string of the molecule is CN1CCC(C)(CNCc2ccc(F)cc2F)CC1. The van der Waals surface area contributed by atoms with Crippen molar-refractivity contribution in [2.45, 2.75) is 26.3 Å². The van der Waals surface area contributed by atoms with Crippen molar-refractivity contribution in [3.05, 3.63) is 35.4 Å². The van der Waals surface area contributed by atoms with Crippen LogP contribution < -0.4 is 5.32 Å². The Balaban J connectivity index is 1.83. The minimum absolute atomic E-state index is 0.281. The van der Waals surface area contributed by atoms with Gasteiger partial charge in [-0.15, -0.1) is 0 Å². The van der Waals surface area contributed by atoms with E-state index >= 15 is 0 Å². The number of hydrogen-bond acceptors (Lipinski definition) is 2. The van der Waals surface area contributed by atoms with Crippen LogP contribution in [-0.2, 0) is 6.54 Å². The molecule has 1 N–H and O–H groups in total. The van der Waals surface area contributed by atoms with Crippen LogP contribution in [-0.4, -0.2) is 31.6 Å². The van der Waals surface area contributed by atoms with Gasteiger partial charge in [0.15, 0.2) is 0 Å². The van der Waals surface area contributed by atoms with E-state index in [4.69, 9.17) is 0 Å². The fourth-order valence-electron chi connectivity index (χ4n) is 2.50. The molecule has 1 aromatic rings. The molecule has 1 fully saturated rings. The van der Waals surface area contributed by atoms with E-state index in [0.29, 0.717) is 12.1 Å². The largest absolute Gasteiger partial charge is 0.312 e. The summed E-state index contributed by atoms with van der Waals surface area (Å²) in [5.74, 6) is -0.996. The van der Waals surface area contributed by atoms with Gasteiger partial charge >= 0.3 is 0 Å². The minimum Gasteiger partial charge on any atom is -0.312 e. The molecular weight excluding hydrogens is 246 g/mol. The van der Waals surface area contributed by atoms with Gasteiger partial charge in [0.25, 0.3) is 0 Å². The summed E-state index contributed by atoms with van der Waals surface area (Å²) in [7, 11) is 2.14. The van der Waals surface area contributed by atoms with Crippen LogP contribution in [0.4, 0.5) is 8.78 Å². The number of halogens is 2. The molecule has 0 bridgehead atoms. The molecule has 1 saturated heterocycles. The van der Waals surface area contributed by atoms with Crippen LogP contribution in [0, 0.1) is 17.0 Å². The Morgan fingerprint density at radius 1 is 1.26 bits per heavy atom. The first-order valence-corrected chi connectivity index (χ1v) is 6.82. The van der Waals surface area contributed by atoms with Crippen molar-refractivity contribution in [2.75, 3.05) is 26.7 Å². The van der Waals surface area contributed by atoms with Gasteiger partial charge in [-0.3, -0.25) is 0 Å². The Hall–Kier alpha value is -1.00. The second-order valence-electron chi connectivity index (χ2n) is 5.95. The molecule has 0 atom stereocenters. The van der Waals surface area contributed by atoms with Crippen LogP contribution in [0.5, 0.6) is 0 Å². The highest BCUT2D eigenvalue weighted by Gasteiger charge is 2.28. The number of benzene rings is 1. The molecule has 1 aliphatic heterocycles. The molecule has 1 heterocycles. The first kappa shape index (κ1) is 14.4. The molecule has 0 amide bonds. The lowest BCUT2D eigenvalue weighted by Crippen LogP contribution is -2.41. The van der Waals surface area contributed by atoms with E-state index in [1.807, 2.05) is 0 Å². The van der Waals surface area contributed by atoms with Gasteiger partial charge in [0.1, 0.15) is 11.6 Å². The van der Waals surface area contributed by atoms with Crippen molar-refractivity contribution in [2.24, 2.45) is 5.41 Å². The zero-order valence-electron chi connectivity index (χ0n) is 11.7. The lowest BCUT2D eigenvalue weighted by atomic mass is 9.80. The molecule has 0 unspecified atom stereocenters. The molecule has 19 heavy (non-hydrogen) atoms. The van der Waals surface area contributed by atoms with Crippen LogP contribution >= 0.6 is 0 Å². The Kier molecular flexibility index (Phi) is 4.53. The molecule has 1 aliphatic rings. The summed E-state index contributed by atoms with van der Waals surface area (Å²) in [6.07, 6.45) is 2.31. The van der Waals surface area contributed by atoms with Crippen molar-refractivity contribution >= 4 is 0 Å². The van der Waals surface area contributed by atoms with Crippen LogP contribution in [0.3, 0.4) is 0 Å². The van der Waals surface area contributed by atoms with E-state index in [1.165, 1.54) is 12.1 Å². The van der Waals surface area contributed by atoms with E-state index in [1.54, 1.807) is 0 Å². The lowest BCUT2D eigenvalue weighted by Gasteiger charge is -2.38. The van der Waals surface area contributed by atoms with Crippen LogP contribution in [0.25, 0.3) is 0 Å². The zero-order valence-corrected chi connectivity index (χ0v) is 11.7. The minimum atomic E-state index is -0.525. The molecule has 0 saturated carbocycles. The van der Waals surface area contributed by atoms with Crippen LogP contribution in [0.15, 0.2) is 18.2 Å². The van der Waals surface area contributed by atoms with Gasteiger partial charge in [0.05, 0.1) is 0 Å². The summed E-state index contributed by atoms with van der Waals surface area (Å²) >= 11 is 0. The van der Waals surface area contributed by atoms with E-state index in [0.717, 1.165) is 38.5 Å². The maximum absolute atomic E-state index is 13.5. The van der Waals surface area contributed by atoms with Crippen LogP contribution in [0.1, 0.15) is 25.3 Å². The smallest absolute Gasteiger partial charge is 0.130 e. The Morgan fingerprint density at radius 2 is 1.95 bits per heavy atom. The van der Waals surface area contributed by atoms with Gasteiger partial charge in [-0.25, -0.2) is 8.78 Å². The fraction of sp³-hybridized carbons (Fsp3) is 0.600. The summed E-state index contributed by atoms with van der Waals surface area (Å²) in [5.41, 5.74) is 0.807. The van der Waals surface area contributed by atoms with Crippen LogP contribution in [0.2, 0.25) is 0 Å². The topological polar surface area (TPSA) is 15.3 Å². The quantitative estimate of drug-likeness (QED) is 0.903. The molecule has 0 radical (unpaired) electrons. The summed E-state index contributed by atoms with van der Waals surface area (Å²) < 4.78 is 26.3. The Morgan fingerprint density at radius 3 is 2.58 bits per heavy atom. The van der Waals surface area contributed by atoms with E-state index in [9.17, 15) is 8.78 Å². The third kappa shape index (κ3) is 3.98. The molecule has 0 aromatic heterocycles. The normalized spacial score (nSPS) is 19.6. The average Bonchev–Trinajstić information content (AvgIpc) is 2.36.